The summed E-state index contributed by atoms with van der Waals surface area (Å²) in [5, 5.41) is 12.5. The molecule has 3 rings (SSSR count). The maximum absolute atomic E-state index is 12.5. The number of carboxylic acid groups (broad SMARTS) is 1. The van der Waals surface area contributed by atoms with E-state index in [4.69, 9.17) is 11.6 Å². The van der Waals surface area contributed by atoms with Gasteiger partial charge in [0.2, 0.25) is 5.43 Å². The number of carbonyl (C=O) groups is 2. The van der Waals surface area contributed by atoms with Gasteiger partial charge in [-0.15, -0.1) is 0 Å². The van der Waals surface area contributed by atoms with E-state index in [0.717, 1.165) is 10.8 Å². The number of carbonyl (C=O) groups excluding carboxylic acids is 1. The summed E-state index contributed by atoms with van der Waals surface area (Å²) in [6.07, 6.45) is 1.03. The van der Waals surface area contributed by atoms with Crippen molar-refractivity contribution in [1.29, 1.82) is 0 Å². The molecule has 7 heteroatoms. The first kappa shape index (κ1) is 15.8. The van der Waals surface area contributed by atoms with E-state index in [0.29, 0.717) is 16.2 Å². The molecule has 0 aliphatic rings. The lowest BCUT2D eigenvalue weighted by Gasteiger charge is -2.12. The van der Waals surface area contributed by atoms with Crippen LogP contribution in [-0.2, 0) is 0 Å². The molecule has 1 amide bonds. The number of nitrogens with one attached hydrogen (secondary N) is 1. The third-order valence-corrected chi connectivity index (χ3v) is 3.71. The molecular formula is C17H11ClN2O4. The number of aromatic carboxylic acids is 1. The summed E-state index contributed by atoms with van der Waals surface area (Å²) in [7, 11) is 0. The van der Waals surface area contributed by atoms with E-state index < -0.39 is 23.0 Å². The van der Waals surface area contributed by atoms with Crippen molar-refractivity contribution in [3.05, 3.63) is 75.5 Å². The first-order valence-electron chi connectivity index (χ1n) is 6.92. The number of pyridine rings is 1. The van der Waals surface area contributed by atoms with Crippen LogP contribution in [0.5, 0.6) is 0 Å². The Morgan fingerprint density at radius 3 is 2.38 bits per heavy atom. The van der Waals surface area contributed by atoms with Gasteiger partial charge in [-0.25, -0.2) is 9.59 Å². The quantitative estimate of drug-likeness (QED) is 0.746. The molecule has 0 saturated heterocycles. The minimum absolute atomic E-state index is 0.156. The Labute approximate surface area is 140 Å². The molecule has 24 heavy (non-hydrogen) atoms. The average molecular weight is 343 g/mol. The van der Waals surface area contributed by atoms with Gasteiger partial charge in [0.1, 0.15) is 5.56 Å². The lowest BCUT2D eigenvalue weighted by molar-refractivity contribution is 0.0695. The zero-order chi connectivity index (χ0) is 17.3. The van der Waals surface area contributed by atoms with Crippen LogP contribution >= 0.6 is 11.6 Å². The zero-order valence-corrected chi connectivity index (χ0v) is 12.9. The van der Waals surface area contributed by atoms with Crippen molar-refractivity contribution in [3.63, 3.8) is 0 Å². The van der Waals surface area contributed by atoms with Gasteiger partial charge in [0, 0.05) is 22.3 Å². The standard InChI is InChI=1S/C17H11ClN2O4/c18-10-5-7-11(8-6-10)19-17(24)20-9-13(16(22)23)15(21)12-3-1-2-4-14(12)20/h1-9H,(H,19,24)(H,22,23). The number of fused-ring (bicyclic) bond motifs is 1. The second-order valence-electron chi connectivity index (χ2n) is 5.00. The van der Waals surface area contributed by atoms with Crippen molar-refractivity contribution in [3.8, 4) is 0 Å². The highest BCUT2D eigenvalue weighted by molar-refractivity contribution is 6.30. The lowest BCUT2D eigenvalue weighted by Crippen LogP contribution is -2.25. The Kier molecular flexibility index (Phi) is 4.05. The molecule has 2 aromatic carbocycles. The molecule has 1 heterocycles. The van der Waals surface area contributed by atoms with Gasteiger partial charge in [-0.1, -0.05) is 23.7 Å². The van der Waals surface area contributed by atoms with Crippen LogP contribution in [0.15, 0.2) is 59.5 Å². The van der Waals surface area contributed by atoms with Crippen molar-refractivity contribution < 1.29 is 14.7 Å². The molecule has 0 aliphatic heterocycles. The molecule has 120 valence electrons. The molecule has 0 aliphatic carbocycles. The molecular weight excluding hydrogens is 332 g/mol. The first-order valence-corrected chi connectivity index (χ1v) is 7.30. The molecule has 1 aromatic heterocycles. The van der Waals surface area contributed by atoms with E-state index in [9.17, 15) is 19.5 Å². The van der Waals surface area contributed by atoms with Crippen LogP contribution in [0.2, 0.25) is 5.02 Å². The van der Waals surface area contributed by atoms with Crippen LogP contribution in [0.25, 0.3) is 10.9 Å². The Morgan fingerprint density at radius 1 is 1.04 bits per heavy atom. The molecule has 2 N–H and O–H groups in total. The summed E-state index contributed by atoms with van der Waals surface area (Å²) in [4.78, 5) is 36.0. The van der Waals surface area contributed by atoms with E-state index in [2.05, 4.69) is 5.32 Å². The number of nitrogens with zero attached hydrogens (tertiary/aromatic N) is 1. The van der Waals surface area contributed by atoms with Gasteiger partial charge in [-0.05, 0) is 36.4 Å². The molecule has 0 spiro atoms. The summed E-state index contributed by atoms with van der Waals surface area (Å²) < 4.78 is 1.11. The Morgan fingerprint density at radius 2 is 1.71 bits per heavy atom. The molecule has 0 saturated carbocycles. The molecule has 3 aromatic rings. The molecule has 0 radical (unpaired) electrons. The van der Waals surface area contributed by atoms with Gasteiger partial charge in [-0.2, -0.15) is 0 Å². The summed E-state index contributed by atoms with van der Waals surface area (Å²) in [5.74, 6) is -1.39. The maximum atomic E-state index is 12.5. The van der Waals surface area contributed by atoms with Gasteiger partial charge >= 0.3 is 12.0 Å². The predicted molar refractivity (Wildman–Crippen MR) is 91.0 cm³/mol. The maximum Gasteiger partial charge on any atom is 0.341 e. The van der Waals surface area contributed by atoms with Crippen molar-refractivity contribution in [2.75, 3.05) is 5.32 Å². The Balaban J connectivity index is 2.12. The van der Waals surface area contributed by atoms with Crippen LogP contribution in [0.3, 0.4) is 0 Å². The van der Waals surface area contributed by atoms with E-state index >= 15 is 0 Å². The number of halogens is 1. The van der Waals surface area contributed by atoms with E-state index in [1.807, 2.05) is 0 Å². The number of anilines is 1. The number of amides is 1. The van der Waals surface area contributed by atoms with E-state index in [1.165, 1.54) is 6.07 Å². The number of rotatable bonds is 2. The summed E-state index contributed by atoms with van der Waals surface area (Å²) >= 11 is 5.80. The number of hydrogen-bond donors (Lipinski definition) is 2. The highest BCUT2D eigenvalue weighted by Gasteiger charge is 2.17. The lowest BCUT2D eigenvalue weighted by atomic mass is 10.1. The summed E-state index contributed by atoms with van der Waals surface area (Å²) in [6.45, 7) is 0. The fraction of sp³-hybridized carbons (Fsp3) is 0. The van der Waals surface area contributed by atoms with Gasteiger partial charge in [0.15, 0.2) is 0 Å². The highest BCUT2D eigenvalue weighted by Crippen LogP contribution is 2.16. The normalized spacial score (nSPS) is 10.5. The van der Waals surface area contributed by atoms with Crippen LogP contribution in [-0.4, -0.2) is 21.7 Å². The average Bonchev–Trinajstić information content (AvgIpc) is 2.57. The van der Waals surface area contributed by atoms with Crippen molar-refractivity contribution >= 4 is 40.2 Å². The number of benzene rings is 2. The van der Waals surface area contributed by atoms with Crippen molar-refractivity contribution in [2.45, 2.75) is 0 Å². The largest absolute Gasteiger partial charge is 0.477 e. The third-order valence-electron chi connectivity index (χ3n) is 3.46. The third kappa shape index (κ3) is 2.87. The zero-order valence-electron chi connectivity index (χ0n) is 12.2. The number of para-hydroxylation sites is 1. The molecule has 0 unspecified atom stereocenters. The van der Waals surface area contributed by atoms with Gasteiger partial charge in [0.25, 0.3) is 0 Å². The van der Waals surface area contributed by atoms with Gasteiger partial charge in [0.05, 0.1) is 5.52 Å². The predicted octanol–water partition coefficient (Wildman–Crippen LogP) is 3.43. The number of hydrogen-bond acceptors (Lipinski definition) is 3. The first-order chi connectivity index (χ1) is 11.5. The fourth-order valence-electron chi connectivity index (χ4n) is 2.32. The minimum atomic E-state index is -1.39. The van der Waals surface area contributed by atoms with Crippen molar-refractivity contribution in [2.24, 2.45) is 0 Å². The van der Waals surface area contributed by atoms with Crippen molar-refractivity contribution in [1.82, 2.24) is 4.57 Å². The Bertz CT molecular complexity index is 1010. The molecule has 0 bridgehead atoms. The topological polar surface area (TPSA) is 88.4 Å². The summed E-state index contributed by atoms with van der Waals surface area (Å²) in [6, 6.07) is 12.2. The molecule has 0 fully saturated rings. The number of carboxylic acids is 1. The van der Waals surface area contributed by atoms with Crippen LogP contribution in [0.4, 0.5) is 10.5 Å². The Hall–Kier alpha value is -3.12. The van der Waals surface area contributed by atoms with Gasteiger partial charge < -0.3 is 10.4 Å². The van der Waals surface area contributed by atoms with Crippen LogP contribution in [0.1, 0.15) is 10.4 Å². The monoisotopic (exact) mass is 342 g/mol. The molecule has 6 nitrogen and oxygen atoms in total. The van der Waals surface area contributed by atoms with Crippen LogP contribution < -0.4 is 10.7 Å². The summed E-state index contributed by atoms with van der Waals surface area (Å²) in [5.41, 5.74) is -0.295. The second-order valence-corrected chi connectivity index (χ2v) is 5.44. The molecule has 0 atom stereocenters. The smallest absolute Gasteiger partial charge is 0.341 e. The second kappa shape index (κ2) is 6.17. The van der Waals surface area contributed by atoms with Crippen LogP contribution in [0, 0.1) is 0 Å². The fourth-order valence-corrected chi connectivity index (χ4v) is 2.44. The highest BCUT2D eigenvalue weighted by atomic mass is 35.5. The minimum Gasteiger partial charge on any atom is -0.477 e. The van der Waals surface area contributed by atoms with Gasteiger partial charge in [-0.3, -0.25) is 9.36 Å². The number of aromatic nitrogens is 1. The SMILES string of the molecule is O=C(O)c1cn(C(=O)Nc2ccc(Cl)cc2)c2ccccc2c1=O. The van der Waals surface area contributed by atoms with E-state index in [1.54, 1.807) is 42.5 Å². The van der Waals surface area contributed by atoms with E-state index in [-0.39, 0.29) is 5.39 Å².